The number of rotatable bonds is 12. The van der Waals surface area contributed by atoms with Gasteiger partial charge in [-0.1, -0.05) is 152 Å². The molecule has 276 valence electrons. The van der Waals surface area contributed by atoms with Gasteiger partial charge >= 0.3 is 0 Å². The van der Waals surface area contributed by atoms with Crippen molar-refractivity contribution in [2.75, 3.05) is 13.2 Å². The lowest BCUT2D eigenvalue weighted by atomic mass is 9.91. The molecule has 0 bridgehead atoms. The van der Waals surface area contributed by atoms with Gasteiger partial charge in [0.25, 0.3) is 0 Å². The summed E-state index contributed by atoms with van der Waals surface area (Å²) in [7, 11) is 0. The Morgan fingerprint density at radius 2 is 0.857 bits per heavy atom. The Morgan fingerprint density at radius 3 is 1.32 bits per heavy atom. The van der Waals surface area contributed by atoms with Crippen LogP contribution in [0.2, 0.25) is 0 Å². The molecule has 2 N–H and O–H groups in total. The molecule has 0 atom stereocenters. The lowest BCUT2D eigenvalue weighted by molar-refractivity contribution is 0.179. The Bertz CT molecular complexity index is 2530. The first-order valence-electron chi connectivity index (χ1n) is 19.1. The highest BCUT2D eigenvalue weighted by molar-refractivity contribution is 6.02. The van der Waals surface area contributed by atoms with E-state index in [-0.39, 0.29) is 17.4 Å². The number of allylic oxidation sites excluding steroid dienone is 1. The highest BCUT2D eigenvalue weighted by Gasteiger charge is 2.20. The van der Waals surface area contributed by atoms with Gasteiger partial charge in [-0.25, -0.2) is 0 Å². The van der Waals surface area contributed by atoms with Crippen LogP contribution in [0.15, 0.2) is 170 Å². The standard InChI is InChI=1S/C52H44O4/c1-4-15-36(32-55-47-26-11-9-20-41(47)43-22-13-24-45(51(43)53)49-34(2)28-30-37-16-5-7-18-39(37)49)33-56-48-27-12-10-21-42(48)44-23-14-25-46(52(44)54)50-35(3)29-31-38-17-6-8-19-40(38)50/h4-14,16-31,36,53-54H,1,15,32-33H2,2-3H3. The number of phenols is 2. The quantitative estimate of drug-likeness (QED) is 0.123. The summed E-state index contributed by atoms with van der Waals surface area (Å²) in [5.41, 5.74) is 8.83. The Kier molecular flexibility index (Phi) is 10.3. The van der Waals surface area contributed by atoms with Crippen molar-refractivity contribution in [3.05, 3.63) is 182 Å². The molecule has 4 heteroatoms. The third-order valence-electron chi connectivity index (χ3n) is 10.7. The van der Waals surface area contributed by atoms with Crippen molar-refractivity contribution in [1.29, 1.82) is 0 Å². The molecule has 8 aromatic rings. The molecule has 0 saturated heterocycles. The van der Waals surface area contributed by atoms with Crippen molar-refractivity contribution in [2.24, 2.45) is 5.92 Å². The molecule has 56 heavy (non-hydrogen) atoms. The monoisotopic (exact) mass is 732 g/mol. The van der Waals surface area contributed by atoms with E-state index in [1.165, 1.54) is 0 Å². The summed E-state index contributed by atoms with van der Waals surface area (Å²) in [6.45, 7) is 8.92. The molecule has 8 aromatic carbocycles. The van der Waals surface area contributed by atoms with Gasteiger partial charge < -0.3 is 19.7 Å². The van der Waals surface area contributed by atoms with Gasteiger partial charge in [-0.3, -0.25) is 0 Å². The van der Waals surface area contributed by atoms with Gasteiger partial charge in [-0.2, -0.15) is 0 Å². The van der Waals surface area contributed by atoms with E-state index in [4.69, 9.17) is 9.47 Å². The summed E-state index contributed by atoms with van der Waals surface area (Å²) in [5.74, 6) is 1.76. The molecule has 0 radical (unpaired) electrons. The molecule has 0 aliphatic rings. The van der Waals surface area contributed by atoms with E-state index in [0.29, 0.717) is 42.3 Å². The number of aryl methyl sites for hydroxylation is 2. The average molecular weight is 733 g/mol. The predicted octanol–water partition coefficient (Wildman–Crippen LogP) is 13.3. The number of hydrogen-bond donors (Lipinski definition) is 2. The number of phenolic OH excluding ortho intramolecular Hbond substituents is 2. The molecule has 0 aliphatic carbocycles. The van der Waals surface area contributed by atoms with E-state index in [1.54, 1.807) is 0 Å². The van der Waals surface area contributed by atoms with E-state index < -0.39 is 0 Å². The van der Waals surface area contributed by atoms with Crippen LogP contribution in [-0.4, -0.2) is 23.4 Å². The van der Waals surface area contributed by atoms with Crippen LogP contribution in [0, 0.1) is 19.8 Å². The van der Waals surface area contributed by atoms with Crippen LogP contribution in [0.25, 0.3) is 66.1 Å². The Hall–Kier alpha value is -6.78. The fourth-order valence-electron chi connectivity index (χ4n) is 7.87. The zero-order valence-corrected chi connectivity index (χ0v) is 31.7. The second-order valence-corrected chi connectivity index (χ2v) is 14.4. The minimum absolute atomic E-state index is 0.0230. The van der Waals surface area contributed by atoms with Crippen molar-refractivity contribution in [3.63, 3.8) is 0 Å². The van der Waals surface area contributed by atoms with Crippen molar-refractivity contribution < 1.29 is 19.7 Å². The molecule has 0 fully saturated rings. The smallest absolute Gasteiger partial charge is 0.131 e. The summed E-state index contributed by atoms with van der Waals surface area (Å²) in [6.07, 6.45) is 2.56. The van der Waals surface area contributed by atoms with E-state index in [2.05, 4.69) is 69.0 Å². The van der Waals surface area contributed by atoms with Gasteiger partial charge in [0.15, 0.2) is 0 Å². The number of ether oxygens (including phenoxy) is 2. The van der Waals surface area contributed by atoms with Gasteiger partial charge in [0.1, 0.15) is 23.0 Å². The van der Waals surface area contributed by atoms with Crippen molar-refractivity contribution in [3.8, 4) is 67.5 Å². The number of fused-ring (bicyclic) bond motifs is 2. The highest BCUT2D eigenvalue weighted by Crippen LogP contribution is 2.46. The molecule has 0 heterocycles. The van der Waals surface area contributed by atoms with Crippen LogP contribution < -0.4 is 9.47 Å². The van der Waals surface area contributed by atoms with Crippen molar-refractivity contribution in [2.45, 2.75) is 20.3 Å². The fraction of sp³-hybridized carbons (Fsp3) is 0.115. The normalized spacial score (nSPS) is 11.3. The predicted molar refractivity (Wildman–Crippen MR) is 232 cm³/mol. The minimum Gasteiger partial charge on any atom is -0.507 e. The average Bonchev–Trinajstić information content (AvgIpc) is 3.23. The third-order valence-corrected chi connectivity index (χ3v) is 10.7. The van der Waals surface area contributed by atoms with Crippen LogP contribution in [0.5, 0.6) is 23.0 Å². The third kappa shape index (κ3) is 6.98. The first-order chi connectivity index (χ1) is 27.4. The van der Waals surface area contributed by atoms with E-state index in [1.807, 2.05) is 115 Å². The minimum atomic E-state index is -0.0230. The maximum atomic E-state index is 11.9. The summed E-state index contributed by atoms with van der Waals surface area (Å²) in [4.78, 5) is 0. The zero-order valence-electron chi connectivity index (χ0n) is 31.7. The molecule has 0 unspecified atom stereocenters. The molecule has 0 aromatic heterocycles. The van der Waals surface area contributed by atoms with Crippen molar-refractivity contribution in [1.82, 2.24) is 0 Å². The Morgan fingerprint density at radius 1 is 0.464 bits per heavy atom. The van der Waals surface area contributed by atoms with Crippen LogP contribution in [0.4, 0.5) is 0 Å². The van der Waals surface area contributed by atoms with E-state index in [0.717, 1.165) is 66.1 Å². The maximum Gasteiger partial charge on any atom is 0.131 e. The number of hydrogen-bond acceptors (Lipinski definition) is 4. The molecular weight excluding hydrogens is 689 g/mol. The first-order valence-corrected chi connectivity index (χ1v) is 19.1. The second kappa shape index (κ2) is 15.9. The molecule has 4 nitrogen and oxygen atoms in total. The van der Waals surface area contributed by atoms with E-state index >= 15 is 0 Å². The van der Waals surface area contributed by atoms with Gasteiger partial charge in [0, 0.05) is 39.3 Å². The molecule has 0 amide bonds. The summed E-state index contributed by atoms with van der Waals surface area (Å²) >= 11 is 0. The number of aromatic hydroxyl groups is 2. The molecule has 0 saturated carbocycles. The summed E-state index contributed by atoms with van der Waals surface area (Å²) < 4.78 is 13.1. The van der Waals surface area contributed by atoms with Crippen LogP contribution in [0.3, 0.4) is 0 Å². The second-order valence-electron chi connectivity index (χ2n) is 14.4. The van der Waals surface area contributed by atoms with Gasteiger partial charge in [-0.05, 0) is 76.2 Å². The SMILES string of the molecule is C=CCC(COc1ccccc1-c1cccc(-c2c(C)ccc3ccccc23)c1O)COc1ccccc1-c1cccc(-c2c(C)ccc3ccccc23)c1O. The topological polar surface area (TPSA) is 58.9 Å². The number of para-hydroxylation sites is 4. The highest BCUT2D eigenvalue weighted by atomic mass is 16.5. The van der Waals surface area contributed by atoms with Gasteiger partial charge in [0.2, 0.25) is 0 Å². The van der Waals surface area contributed by atoms with Gasteiger partial charge in [0.05, 0.1) is 13.2 Å². The molecule has 0 spiro atoms. The van der Waals surface area contributed by atoms with Crippen LogP contribution >= 0.6 is 0 Å². The molecule has 0 aliphatic heterocycles. The van der Waals surface area contributed by atoms with Crippen molar-refractivity contribution >= 4 is 21.5 Å². The Labute approximate surface area is 328 Å². The Balaban J connectivity index is 1.05. The molecule has 8 rings (SSSR count). The summed E-state index contributed by atoms with van der Waals surface area (Å²) in [5, 5.41) is 28.2. The number of benzene rings is 8. The van der Waals surface area contributed by atoms with Crippen LogP contribution in [-0.2, 0) is 0 Å². The van der Waals surface area contributed by atoms with Crippen LogP contribution in [0.1, 0.15) is 17.5 Å². The van der Waals surface area contributed by atoms with Gasteiger partial charge in [-0.15, -0.1) is 6.58 Å². The lowest BCUT2D eigenvalue weighted by Crippen LogP contribution is -2.19. The largest absolute Gasteiger partial charge is 0.507 e. The first kappa shape index (κ1) is 36.2. The van der Waals surface area contributed by atoms with E-state index in [9.17, 15) is 10.2 Å². The summed E-state index contributed by atoms with van der Waals surface area (Å²) in [6, 6.07) is 52.5. The molecular formula is C52H44O4. The lowest BCUT2D eigenvalue weighted by Gasteiger charge is -2.21. The fourth-order valence-corrected chi connectivity index (χ4v) is 7.87. The zero-order chi connectivity index (χ0) is 38.6. The maximum absolute atomic E-state index is 11.9.